The maximum absolute atomic E-state index is 5.87. The maximum Gasteiger partial charge on any atom is 0.174 e. The van der Waals surface area contributed by atoms with Crippen molar-refractivity contribution in [2.45, 2.75) is 25.9 Å². The largest absolute Gasteiger partial charge is 0.494 e. The molecule has 1 N–H and O–H groups in total. The van der Waals surface area contributed by atoms with E-state index in [1.807, 2.05) is 43.5 Å². The van der Waals surface area contributed by atoms with Gasteiger partial charge in [0.2, 0.25) is 0 Å². The van der Waals surface area contributed by atoms with Crippen molar-refractivity contribution in [1.29, 1.82) is 0 Å². The molecule has 0 amide bonds. The number of para-hydroxylation sites is 1. The monoisotopic (exact) mass is 454 g/mol. The van der Waals surface area contributed by atoms with Crippen LogP contribution >= 0.6 is 12.2 Å². The van der Waals surface area contributed by atoms with Gasteiger partial charge in [0.15, 0.2) is 5.11 Å². The summed E-state index contributed by atoms with van der Waals surface area (Å²) in [5.74, 6) is 0.848. The normalized spacial score (nSPS) is 17.8. The van der Waals surface area contributed by atoms with Crippen molar-refractivity contribution < 1.29 is 4.74 Å². The summed E-state index contributed by atoms with van der Waals surface area (Å²) in [6, 6.07) is 28.7. The van der Waals surface area contributed by atoms with Crippen LogP contribution in [0.15, 0.2) is 91.1 Å². The minimum Gasteiger partial charge on any atom is -0.494 e. The zero-order valence-corrected chi connectivity index (χ0v) is 19.5. The predicted molar refractivity (Wildman–Crippen MR) is 136 cm³/mol. The van der Waals surface area contributed by atoms with Crippen molar-refractivity contribution in [3.05, 3.63) is 108 Å². The van der Waals surface area contributed by atoms with E-state index in [4.69, 9.17) is 17.0 Å². The Morgan fingerprint density at radius 1 is 0.909 bits per heavy atom. The highest BCUT2D eigenvalue weighted by molar-refractivity contribution is 7.80. The summed E-state index contributed by atoms with van der Waals surface area (Å²) in [4.78, 5) is 6.86. The molecular weight excluding hydrogens is 428 g/mol. The number of aryl methyl sites for hydroxylation is 1. The lowest BCUT2D eigenvalue weighted by atomic mass is 10.0. The number of rotatable bonds is 6. The standard InChI is InChI=1S/C27H26N4OS/c1-3-32-22-15-13-21(14-16-22)31-26(25(29-27(31)33)23-11-7-8-18-28-23)24-17-12-19(2)30(24)20-9-5-4-6-10-20/h4-18,25-26H,3H2,1-2H3,(H,29,33)/t25-,26+/m0/s1. The van der Waals surface area contributed by atoms with Gasteiger partial charge in [-0.1, -0.05) is 24.3 Å². The summed E-state index contributed by atoms with van der Waals surface area (Å²) in [5.41, 5.74) is 5.41. The van der Waals surface area contributed by atoms with Crippen LogP contribution in [0.1, 0.15) is 36.1 Å². The fraction of sp³-hybridized carbons (Fsp3) is 0.185. The van der Waals surface area contributed by atoms with Crippen LogP contribution in [0.4, 0.5) is 5.69 Å². The third-order valence-electron chi connectivity index (χ3n) is 5.95. The number of nitrogens with one attached hydrogen (secondary N) is 1. The first kappa shape index (κ1) is 21.2. The first-order valence-electron chi connectivity index (χ1n) is 11.1. The average molecular weight is 455 g/mol. The fourth-order valence-corrected chi connectivity index (χ4v) is 4.87. The number of pyridine rings is 1. The number of nitrogens with zero attached hydrogens (tertiary/aromatic N) is 3. The number of ether oxygens (including phenoxy) is 1. The average Bonchev–Trinajstić information content (AvgIpc) is 3.40. The molecule has 1 aliphatic rings. The van der Waals surface area contributed by atoms with Crippen LogP contribution in [-0.2, 0) is 0 Å². The minimum absolute atomic E-state index is 0.0840. The molecule has 2 atom stereocenters. The van der Waals surface area contributed by atoms with Crippen LogP contribution in [0.5, 0.6) is 5.75 Å². The van der Waals surface area contributed by atoms with E-state index in [1.165, 1.54) is 5.69 Å². The van der Waals surface area contributed by atoms with E-state index in [2.05, 4.69) is 81.3 Å². The fourth-order valence-electron chi connectivity index (χ4n) is 4.52. The molecule has 3 heterocycles. The summed E-state index contributed by atoms with van der Waals surface area (Å²) >= 11 is 5.87. The van der Waals surface area contributed by atoms with Gasteiger partial charge in [0.05, 0.1) is 18.3 Å². The highest BCUT2D eigenvalue weighted by Crippen LogP contribution is 2.43. The van der Waals surface area contributed by atoms with Crippen LogP contribution in [0.2, 0.25) is 0 Å². The Labute approximate surface area is 199 Å². The van der Waals surface area contributed by atoms with Gasteiger partial charge in [-0.15, -0.1) is 0 Å². The van der Waals surface area contributed by atoms with Crippen molar-refractivity contribution >= 4 is 23.0 Å². The van der Waals surface area contributed by atoms with Crippen LogP contribution in [-0.4, -0.2) is 21.3 Å². The third-order valence-corrected chi connectivity index (χ3v) is 6.26. The van der Waals surface area contributed by atoms with E-state index < -0.39 is 0 Å². The number of thiocarbonyl (C=S) groups is 1. The molecule has 0 spiro atoms. The molecule has 5 nitrogen and oxygen atoms in total. The SMILES string of the molecule is CCOc1ccc(N2C(=S)N[C@@H](c3ccccn3)[C@H]2c2ccc(C)n2-c2ccccc2)cc1. The zero-order chi connectivity index (χ0) is 22.8. The summed E-state index contributed by atoms with van der Waals surface area (Å²) in [5, 5.41) is 4.22. The van der Waals surface area contributed by atoms with E-state index >= 15 is 0 Å². The van der Waals surface area contributed by atoms with Crippen molar-refractivity contribution in [3.8, 4) is 11.4 Å². The first-order valence-corrected chi connectivity index (χ1v) is 11.6. The second-order valence-corrected chi connectivity index (χ2v) is 8.38. The number of anilines is 1. The van der Waals surface area contributed by atoms with E-state index in [0.29, 0.717) is 11.7 Å². The van der Waals surface area contributed by atoms with Gasteiger partial charge in [-0.3, -0.25) is 4.98 Å². The molecule has 0 radical (unpaired) electrons. The highest BCUT2D eigenvalue weighted by atomic mass is 32.1. The second kappa shape index (κ2) is 9.08. The lowest BCUT2D eigenvalue weighted by Crippen LogP contribution is -2.30. The van der Waals surface area contributed by atoms with Crippen molar-refractivity contribution in [3.63, 3.8) is 0 Å². The molecule has 5 rings (SSSR count). The number of benzene rings is 2. The van der Waals surface area contributed by atoms with Crippen molar-refractivity contribution in [1.82, 2.24) is 14.9 Å². The molecule has 1 aliphatic heterocycles. The van der Waals surface area contributed by atoms with Crippen LogP contribution in [0, 0.1) is 6.92 Å². The summed E-state index contributed by atoms with van der Waals surface area (Å²) in [7, 11) is 0. The number of aromatic nitrogens is 2. The van der Waals surface area contributed by atoms with E-state index in [-0.39, 0.29) is 12.1 Å². The molecule has 0 aliphatic carbocycles. The molecule has 1 fully saturated rings. The van der Waals surface area contributed by atoms with Gasteiger partial charge in [-0.25, -0.2) is 0 Å². The predicted octanol–water partition coefficient (Wildman–Crippen LogP) is 5.76. The lowest BCUT2D eigenvalue weighted by Gasteiger charge is -2.29. The molecule has 2 aromatic heterocycles. The van der Waals surface area contributed by atoms with Gasteiger partial charge in [0, 0.05) is 29.0 Å². The highest BCUT2D eigenvalue weighted by Gasteiger charge is 2.42. The Kier molecular flexibility index (Phi) is 5.84. The molecule has 166 valence electrons. The molecule has 2 aromatic carbocycles. The second-order valence-electron chi connectivity index (χ2n) is 7.99. The third kappa shape index (κ3) is 3.98. The number of hydrogen-bond acceptors (Lipinski definition) is 3. The first-order chi connectivity index (χ1) is 16.2. The van der Waals surface area contributed by atoms with Crippen molar-refractivity contribution in [2.24, 2.45) is 0 Å². The Bertz CT molecular complexity index is 1240. The lowest BCUT2D eigenvalue weighted by molar-refractivity contribution is 0.340. The molecule has 6 heteroatoms. The zero-order valence-electron chi connectivity index (χ0n) is 18.7. The van der Waals surface area contributed by atoms with Gasteiger partial charge in [0.25, 0.3) is 0 Å². The molecule has 33 heavy (non-hydrogen) atoms. The maximum atomic E-state index is 5.87. The Morgan fingerprint density at radius 3 is 2.36 bits per heavy atom. The topological polar surface area (TPSA) is 42.3 Å². The van der Waals surface area contributed by atoms with Crippen LogP contribution in [0.3, 0.4) is 0 Å². The molecule has 0 bridgehead atoms. The summed E-state index contributed by atoms with van der Waals surface area (Å²) < 4.78 is 7.95. The van der Waals surface area contributed by atoms with Gasteiger partial charge in [-0.05, 0) is 86.7 Å². The van der Waals surface area contributed by atoms with Gasteiger partial charge in [0.1, 0.15) is 11.8 Å². The number of hydrogen-bond donors (Lipinski definition) is 1. The Hall–Kier alpha value is -3.64. The van der Waals surface area contributed by atoms with Gasteiger partial charge in [-0.2, -0.15) is 0 Å². The molecule has 4 aromatic rings. The minimum atomic E-state index is -0.0953. The quantitative estimate of drug-likeness (QED) is 0.376. The van der Waals surface area contributed by atoms with Gasteiger partial charge >= 0.3 is 0 Å². The van der Waals surface area contributed by atoms with E-state index in [0.717, 1.165) is 28.5 Å². The molecule has 1 saturated heterocycles. The molecule has 0 unspecified atom stereocenters. The van der Waals surface area contributed by atoms with Crippen LogP contribution < -0.4 is 15.0 Å². The summed E-state index contributed by atoms with van der Waals surface area (Å²) in [6.07, 6.45) is 1.83. The van der Waals surface area contributed by atoms with Crippen molar-refractivity contribution in [2.75, 3.05) is 11.5 Å². The summed E-state index contributed by atoms with van der Waals surface area (Å²) in [6.45, 7) is 4.76. The van der Waals surface area contributed by atoms with Gasteiger partial charge < -0.3 is 19.5 Å². The molecular formula is C27H26N4OS. The molecule has 0 saturated carbocycles. The van der Waals surface area contributed by atoms with Crippen LogP contribution in [0.25, 0.3) is 5.69 Å². The van der Waals surface area contributed by atoms with E-state index in [1.54, 1.807) is 0 Å². The van der Waals surface area contributed by atoms with E-state index in [9.17, 15) is 0 Å². The Morgan fingerprint density at radius 2 is 1.67 bits per heavy atom. The smallest absolute Gasteiger partial charge is 0.174 e. The Balaban J connectivity index is 1.65.